The average molecular weight is 401 g/mol. The van der Waals surface area contributed by atoms with Gasteiger partial charge in [0.25, 0.3) is 0 Å². The number of hydrogen-bond acceptors (Lipinski definition) is 6. The Morgan fingerprint density at radius 2 is 2.45 bits per heavy atom. The standard InChI is InChI=1S/C13H10IN3O2S/c1-20-13-15-6-5-10(16-13)11(17-19)12(18)8-3-2-4-9(14)7-8/h2-7,19H,1H3/i5D/hD. The van der Waals surface area contributed by atoms with Gasteiger partial charge in [0.15, 0.2) is 10.9 Å². The Kier molecular flexibility index (Phi) is 4.17. The molecule has 0 spiro atoms. The Hall–Kier alpha value is -1.48. The number of nitrogens with zero attached hydrogens (tertiary/aromatic N) is 3. The number of thioether (sulfide) groups is 1. The lowest BCUT2D eigenvalue weighted by Crippen LogP contribution is -2.18. The number of Topliss-reactive ketones (excluding diaryl/α,β-unsaturated/α-hetero) is 1. The van der Waals surface area contributed by atoms with Gasteiger partial charge in [-0.2, -0.15) is 0 Å². The van der Waals surface area contributed by atoms with Gasteiger partial charge in [-0.25, -0.2) is 9.97 Å². The predicted molar refractivity (Wildman–Crippen MR) is 85.6 cm³/mol. The molecule has 2 rings (SSSR count). The number of rotatable bonds is 5. The first kappa shape index (κ1) is 12.3. The summed E-state index contributed by atoms with van der Waals surface area (Å²) in [4.78, 5) is 20.7. The van der Waals surface area contributed by atoms with Crippen molar-refractivity contribution in [1.82, 2.24) is 9.97 Å². The van der Waals surface area contributed by atoms with Gasteiger partial charge in [0.1, 0.15) is 5.69 Å². The minimum atomic E-state index is -0.468. The maximum Gasteiger partial charge on any atom is 0.330 e. The minimum absolute atomic E-state index is 0.0375. The molecule has 0 aliphatic rings. The van der Waals surface area contributed by atoms with Crippen molar-refractivity contribution in [3.63, 3.8) is 0 Å². The molecule has 0 aliphatic carbocycles. The largest absolute Gasteiger partial charge is 0.410 e. The number of hydrogen-bond donors (Lipinski definition) is 1. The summed E-state index contributed by atoms with van der Waals surface area (Å²) in [6.45, 7) is 0. The molecule has 0 saturated heterocycles. The number of carbonyl (C=O) groups is 1. The predicted octanol–water partition coefficient (Wildman–Crippen LogP) is 2.86. The van der Waals surface area contributed by atoms with Crippen LogP contribution >= 0.6 is 34.4 Å². The van der Waals surface area contributed by atoms with Gasteiger partial charge in [0.2, 0.25) is 5.78 Å². The van der Waals surface area contributed by atoms with Crippen molar-refractivity contribution in [2.24, 2.45) is 5.16 Å². The highest BCUT2D eigenvalue weighted by atomic mass is 127. The molecule has 1 N–H and O–H groups in total. The number of ketones is 1. The molecular formula is C13H10IN3O2S. The fraction of sp³-hybridized carbons (Fsp3) is 0.0769. The summed E-state index contributed by atoms with van der Waals surface area (Å²) in [7, 11) is 0. The van der Waals surface area contributed by atoms with Crippen LogP contribution in [0.15, 0.2) is 46.8 Å². The summed E-state index contributed by atoms with van der Waals surface area (Å²) in [5.74, 6) is -0.468. The molecule has 5 nitrogen and oxygen atoms in total. The van der Waals surface area contributed by atoms with Crippen LogP contribution in [0.5, 0.6) is 0 Å². The van der Waals surface area contributed by atoms with E-state index in [1.54, 1.807) is 24.5 Å². The number of aromatic nitrogens is 2. The fourth-order valence-corrected chi connectivity index (χ4v) is 2.37. The summed E-state index contributed by atoms with van der Waals surface area (Å²) in [5.41, 5.74) is 0.224. The maximum atomic E-state index is 12.6. The van der Waals surface area contributed by atoms with E-state index in [4.69, 9.17) is 2.80 Å². The van der Waals surface area contributed by atoms with E-state index in [9.17, 15) is 4.79 Å². The molecule has 7 heteroatoms. The van der Waals surface area contributed by atoms with Gasteiger partial charge in [-0.05, 0) is 47.0 Å². The molecule has 0 amide bonds. The lowest BCUT2D eigenvalue weighted by Gasteiger charge is -2.04. The third-order valence-electron chi connectivity index (χ3n) is 2.38. The highest BCUT2D eigenvalue weighted by Crippen LogP contribution is 2.13. The first-order chi connectivity index (χ1) is 10.6. The summed E-state index contributed by atoms with van der Waals surface area (Å²) >= 11 is 3.37. The second-order valence-electron chi connectivity index (χ2n) is 3.63. The Balaban J connectivity index is 2.52. The van der Waals surface area contributed by atoms with Crippen molar-refractivity contribution in [2.45, 2.75) is 5.16 Å². The summed E-state index contributed by atoms with van der Waals surface area (Å²) in [6, 6.07) is 6.84. The molecule has 0 aliphatic heterocycles. The van der Waals surface area contributed by atoms with Crippen LogP contribution in [0.25, 0.3) is 0 Å². The van der Waals surface area contributed by atoms with Crippen LogP contribution in [0.1, 0.15) is 17.4 Å². The zero-order valence-electron chi connectivity index (χ0n) is 12.3. The molecule has 2 aromatic rings. The SMILES string of the molecule is [2H]ON=C(C(=O)c1cccc(I)c1)c1nc(SC)ncc1[2H]. The van der Waals surface area contributed by atoms with Crippen LogP contribution in [0.4, 0.5) is 0 Å². The molecule has 1 heterocycles. The monoisotopic (exact) mass is 401 g/mol. The van der Waals surface area contributed by atoms with Crippen molar-refractivity contribution < 1.29 is 12.8 Å². The zero-order valence-corrected chi connectivity index (χ0v) is 13.3. The number of carbonyl (C=O) groups excluding carboxylic acids is 1. The Morgan fingerprint density at radius 1 is 1.60 bits per heavy atom. The van der Waals surface area contributed by atoms with Crippen molar-refractivity contribution in [1.29, 1.82) is 0 Å². The molecule has 1 aromatic carbocycles. The van der Waals surface area contributed by atoms with Crippen molar-refractivity contribution in [3.05, 3.63) is 51.3 Å². The van der Waals surface area contributed by atoms with Crippen molar-refractivity contribution in [3.8, 4) is 0 Å². The molecule has 0 atom stereocenters. The van der Waals surface area contributed by atoms with Gasteiger partial charge >= 0.3 is 1.43 Å². The first-order valence-corrected chi connectivity index (χ1v) is 7.75. The van der Waals surface area contributed by atoms with Crippen molar-refractivity contribution >= 4 is 45.8 Å². The molecule has 1 aromatic heterocycles. The van der Waals surface area contributed by atoms with E-state index >= 15 is 0 Å². The van der Waals surface area contributed by atoms with E-state index in [-0.39, 0.29) is 17.4 Å². The van der Waals surface area contributed by atoms with Crippen LogP contribution in [0.2, 0.25) is 1.43 Å². The highest BCUT2D eigenvalue weighted by molar-refractivity contribution is 14.1. The third-order valence-corrected chi connectivity index (χ3v) is 3.62. The molecule has 20 heavy (non-hydrogen) atoms. The first-order valence-electron chi connectivity index (χ1n) is 6.36. The molecule has 0 radical (unpaired) electrons. The Morgan fingerprint density at radius 3 is 3.15 bits per heavy atom. The van der Waals surface area contributed by atoms with Gasteiger partial charge < -0.3 is 5.21 Å². The van der Waals surface area contributed by atoms with Crippen LogP contribution in [-0.4, -0.2) is 32.9 Å². The van der Waals surface area contributed by atoms with E-state index in [0.29, 0.717) is 10.7 Å². The summed E-state index contributed by atoms with van der Waals surface area (Å²) < 4.78 is 15.5. The van der Waals surface area contributed by atoms with Gasteiger partial charge in [0, 0.05) is 15.3 Å². The van der Waals surface area contributed by atoms with E-state index in [2.05, 4.69) is 42.9 Å². The van der Waals surface area contributed by atoms with Gasteiger partial charge in [0.05, 0.1) is 1.37 Å². The topological polar surface area (TPSA) is 75.4 Å². The number of halogens is 1. The number of oxime groups is 1. The van der Waals surface area contributed by atoms with E-state index in [0.717, 1.165) is 3.57 Å². The maximum absolute atomic E-state index is 12.6. The Bertz CT molecular complexity index is 743. The molecule has 102 valence electrons. The van der Waals surface area contributed by atoms with Crippen LogP contribution in [0.3, 0.4) is 0 Å². The van der Waals surface area contributed by atoms with Crippen LogP contribution < -0.4 is 0 Å². The second kappa shape index (κ2) is 6.80. The smallest absolute Gasteiger partial charge is 0.330 e. The zero-order chi connectivity index (χ0) is 16.1. The molecule has 0 unspecified atom stereocenters. The summed E-state index contributed by atoms with van der Waals surface area (Å²) in [6.07, 6.45) is 3.07. The number of benzene rings is 1. The molecule has 0 bridgehead atoms. The lowest BCUT2D eigenvalue weighted by atomic mass is 10.0. The van der Waals surface area contributed by atoms with Crippen LogP contribution in [-0.2, 0) is 0 Å². The quantitative estimate of drug-likeness (QED) is 0.159. The van der Waals surface area contributed by atoms with E-state index in [1.165, 1.54) is 18.0 Å². The summed E-state index contributed by atoms with van der Waals surface area (Å²) in [5, 5.41) is 7.87. The normalized spacial score (nSPS) is 12.6. The van der Waals surface area contributed by atoms with Gasteiger partial charge in [-0.1, -0.05) is 29.1 Å². The molecular weight excluding hydrogens is 389 g/mol. The Labute approximate surface area is 136 Å². The van der Waals surface area contributed by atoms with Crippen molar-refractivity contribution in [2.75, 3.05) is 6.26 Å². The third kappa shape index (κ3) is 3.34. The van der Waals surface area contributed by atoms with Gasteiger partial charge in [-0.3, -0.25) is 4.79 Å². The van der Waals surface area contributed by atoms with E-state index in [1.807, 2.05) is 6.07 Å². The molecule has 0 saturated carbocycles. The van der Waals surface area contributed by atoms with E-state index < -0.39 is 5.78 Å². The lowest BCUT2D eigenvalue weighted by molar-refractivity contribution is 0.106. The van der Waals surface area contributed by atoms with Gasteiger partial charge in [-0.15, -0.1) is 0 Å². The fourth-order valence-electron chi connectivity index (χ4n) is 1.48. The highest BCUT2D eigenvalue weighted by Gasteiger charge is 2.19. The second-order valence-corrected chi connectivity index (χ2v) is 5.65. The average Bonchev–Trinajstić information content (AvgIpc) is 2.53. The molecule has 0 fully saturated rings. The van der Waals surface area contributed by atoms with Crippen LogP contribution in [0, 0.1) is 3.57 Å². The minimum Gasteiger partial charge on any atom is -0.410 e.